The summed E-state index contributed by atoms with van der Waals surface area (Å²) in [4.78, 5) is 23.6. The molecule has 4 nitrogen and oxygen atoms in total. The Morgan fingerprint density at radius 3 is 2.57 bits per heavy atom. The van der Waals surface area contributed by atoms with E-state index in [0.29, 0.717) is 24.1 Å². The lowest BCUT2D eigenvalue weighted by molar-refractivity contribution is -0.120. The molecule has 0 spiro atoms. The van der Waals surface area contributed by atoms with E-state index in [9.17, 15) is 14.0 Å². The Labute approximate surface area is 134 Å². The molecule has 0 bridgehead atoms. The second kappa shape index (κ2) is 8.08. The van der Waals surface area contributed by atoms with Crippen molar-refractivity contribution >= 4 is 11.8 Å². The van der Waals surface area contributed by atoms with Gasteiger partial charge in [0.2, 0.25) is 5.91 Å². The number of aryl methyl sites for hydroxylation is 1. The molecule has 2 rings (SSSR count). The van der Waals surface area contributed by atoms with E-state index < -0.39 is 0 Å². The monoisotopic (exact) mass is 314 g/mol. The van der Waals surface area contributed by atoms with Crippen LogP contribution in [0.5, 0.6) is 0 Å². The second-order valence-corrected chi connectivity index (χ2v) is 5.24. The van der Waals surface area contributed by atoms with Gasteiger partial charge in [-0.1, -0.05) is 35.9 Å². The normalized spacial score (nSPS) is 10.2. The maximum Gasteiger partial charge on any atom is 0.251 e. The Balaban J connectivity index is 1.73. The van der Waals surface area contributed by atoms with E-state index in [1.807, 2.05) is 13.0 Å². The summed E-state index contributed by atoms with van der Waals surface area (Å²) in [6.45, 7) is 2.11. The van der Waals surface area contributed by atoms with Crippen LogP contribution in [-0.4, -0.2) is 24.9 Å². The number of nitrogens with one attached hydrogen (secondary N) is 2. The molecule has 0 fully saturated rings. The van der Waals surface area contributed by atoms with Gasteiger partial charge in [0.25, 0.3) is 5.91 Å². The first-order valence-electron chi connectivity index (χ1n) is 7.41. The molecule has 0 saturated heterocycles. The van der Waals surface area contributed by atoms with Crippen molar-refractivity contribution in [2.24, 2.45) is 0 Å². The molecule has 0 heterocycles. The molecule has 2 aromatic carbocycles. The van der Waals surface area contributed by atoms with Crippen molar-refractivity contribution in [1.82, 2.24) is 10.6 Å². The Bertz CT molecular complexity index is 701. The number of benzene rings is 2. The predicted octanol–water partition coefficient (Wildman–Crippen LogP) is 2.22. The smallest absolute Gasteiger partial charge is 0.251 e. The summed E-state index contributed by atoms with van der Waals surface area (Å²) in [5, 5.41) is 5.22. The Kier molecular flexibility index (Phi) is 5.86. The largest absolute Gasteiger partial charge is 0.354 e. The fourth-order valence-electron chi connectivity index (χ4n) is 2.15. The average Bonchev–Trinajstić information content (AvgIpc) is 2.54. The molecule has 0 aromatic heterocycles. The van der Waals surface area contributed by atoms with Gasteiger partial charge in [0.05, 0.1) is 6.54 Å². The topological polar surface area (TPSA) is 58.2 Å². The minimum absolute atomic E-state index is 0.107. The summed E-state index contributed by atoms with van der Waals surface area (Å²) < 4.78 is 13.4. The van der Waals surface area contributed by atoms with Gasteiger partial charge in [-0.15, -0.1) is 0 Å². The number of hydrogen-bond acceptors (Lipinski definition) is 2. The number of rotatable bonds is 6. The highest BCUT2D eigenvalue weighted by Gasteiger charge is 2.08. The lowest BCUT2D eigenvalue weighted by Gasteiger charge is -2.08. The van der Waals surface area contributed by atoms with Crippen LogP contribution in [-0.2, 0) is 11.2 Å². The van der Waals surface area contributed by atoms with E-state index >= 15 is 0 Å². The van der Waals surface area contributed by atoms with E-state index in [0.717, 1.165) is 5.56 Å². The minimum Gasteiger partial charge on any atom is -0.354 e. The van der Waals surface area contributed by atoms with Gasteiger partial charge in [0, 0.05) is 12.1 Å². The van der Waals surface area contributed by atoms with Crippen LogP contribution in [0.3, 0.4) is 0 Å². The highest BCUT2D eigenvalue weighted by atomic mass is 19.1. The number of halogens is 1. The van der Waals surface area contributed by atoms with Gasteiger partial charge in [0.15, 0.2) is 0 Å². The van der Waals surface area contributed by atoms with Crippen LogP contribution in [0.4, 0.5) is 4.39 Å². The molecule has 0 aliphatic rings. The molecule has 2 amide bonds. The Morgan fingerprint density at radius 1 is 1.04 bits per heavy atom. The van der Waals surface area contributed by atoms with Gasteiger partial charge in [0.1, 0.15) is 5.82 Å². The Morgan fingerprint density at radius 2 is 1.83 bits per heavy atom. The lowest BCUT2D eigenvalue weighted by Crippen LogP contribution is -2.37. The predicted molar refractivity (Wildman–Crippen MR) is 86.6 cm³/mol. The summed E-state index contributed by atoms with van der Waals surface area (Å²) in [6.07, 6.45) is 0.407. The summed E-state index contributed by atoms with van der Waals surface area (Å²) in [5.74, 6) is -0.880. The molecule has 0 atom stereocenters. The van der Waals surface area contributed by atoms with Crippen molar-refractivity contribution in [1.29, 1.82) is 0 Å². The fourth-order valence-corrected chi connectivity index (χ4v) is 2.15. The standard InChI is InChI=1S/C18H19FN2O2/c1-13-5-4-7-15(11-13)18(23)21-12-17(22)20-10-9-14-6-2-3-8-16(14)19/h2-8,11H,9-10,12H2,1H3,(H,20,22)(H,21,23). The van der Waals surface area contributed by atoms with Gasteiger partial charge in [-0.3, -0.25) is 9.59 Å². The van der Waals surface area contributed by atoms with Gasteiger partial charge in [-0.2, -0.15) is 0 Å². The lowest BCUT2D eigenvalue weighted by atomic mass is 10.1. The van der Waals surface area contributed by atoms with Gasteiger partial charge < -0.3 is 10.6 Å². The number of carbonyl (C=O) groups excluding carboxylic acids is 2. The van der Waals surface area contributed by atoms with Crippen molar-refractivity contribution in [2.45, 2.75) is 13.3 Å². The SMILES string of the molecule is Cc1cccc(C(=O)NCC(=O)NCCc2ccccc2F)c1. The third-order valence-electron chi connectivity index (χ3n) is 3.36. The summed E-state index contributed by atoms with van der Waals surface area (Å²) in [6, 6.07) is 13.6. The quantitative estimate of drug-likeness (QED) is 0.859. The van der Waals surface area contributed by atoms with Gasteiger partial charge in [-0.05, 0) is 37.1 Å². The van der Waals surface area contributed by atoms with Crippen LogP contribution in [0.15, 0.2) is 48.5 Å². The zero-order valence-electron chi connectivity index (χ0n) is 12.9. The van der Waals surface area contributed by atoms with Gasteiger partial charge in [-0.25, -0.2) is 4.39 Å². The van der Waals surface area contributed by atoms with E-state index in [4.69, 9.17) is 0 Å². The second-order valence-electron chi connectivity index (χ2n) is 5.24. The molecule has 0 aliphatic carbocycles. The molecule has 0 aliphatic heterocycles. The molecule has 2 N–H and O–H groups in total. The van der Waals surface area contributed by atoms with Crippen LogP contribution in [0.2, 0.25) is 0 Å². The molecule has 0 unspecified atom stereocenters. The first-order chi connectivity index (χ1) is 11.1. The maximum absolute atomic E-state index is 13.4. The van der Waals surface area contributed by atoms with E-state index in [1.54, 1.807) is 36.4 Å². The average molecular weight is 314 g/mol. The number of amides is 2. The third-order valence-corrected chi connectivity index (χ3v) is 3.36. The third kappa shape index (κ3) is 5.21. The maximum atomic E-state index is 13.4. The van der Waals surface area contributed by atoms with Crippen molar-refractivity contribution in [3.63, 3.8) is 0 Å². The fraction of sp³-hybridized carbons (Fsp3) is 0.222. The zero-order valence-corrected chi connectivity index (χ0v) is 12.9. The Hall–Kier alpha value is -2.69. The molecular formula is C18H19FN2O2. The number of hydrogen-bond donors (Lipinski definition) is 2. The van der Waals surface area contributed by atoms with Crippen LogP contribution >= 0.6 is 0 Å². The van der Waals surface area contributed by atoms with Crippen molar-refractivity contribution in [2.75, 3.05) is 13.1 Å². The first-order valence-corrected chi connectivity index (χ1v) is 7.41. The van der Waals surface area contributed by atoms with Crippen molar-refractivity contribution in [3.05, 3.63) is 71.0 Å². The first kappa shape index (κ1) is 16.7. The van der Waals surface area contributed by atoms with Crippen LogP contribution in [0.1, 0.15) is 21.5 Å². The van der Waals surface area contributed by atoms with Gasteiger partial charge >= 0.3 is 0 Å². The van der Waals surface area contributed by atoms with Crippen LogP contribution in [0.25, 0.3) is 0 Å². The number of carbonyl (C=O) groups is 2. The van der Waals surface area contributed by atoms with Crippen LogP contribution in [0, 0.1) is 12.7 Å². The van der Waals surface area contributed by atoms with Crippen LogP contribution < -0.4 is 10.6 Å². The highest BCUT2D eigenvalue weighted by molar-refractivity contribution is 5.96. The highest BCUT2D eigenvalue weighted by Crippen LogP contribution is 2.06. The molecule has 2 aromatic rings. The van der Waals surface area contributed by atoms with Crippen molar-refractivity contribution < 1.29 is 14.0 Å². The summed E-state index contributed by atoms with van der Waals surface area (Å²) in [7, 11) is 0. The molecule has 5 heteroatoms. The molecule has 23 heavy (non-hydrogen) atoms. The molecule has 0 radical (unpaired) electrons. The van der Waals surface area contributed by atoms with E-state index in [-0.39, 0.29) is 24.2 Å². The summed E-state index contributed by atoms with van der Waals surface area (Å²) >= 11 is 0. The van der Waals surface area contributed by atoms with Crippen molar-refractivity contribution in [3.8, 4) is 0 Å². The molecule has 0 saturated carbocycles. The summed E-state index contributed by atoms with van der Waals surface area (Å²) in [5.41, 5.74) is 2.05. The molecular weight excluding hydrogens is 295 g/mol. The van der Waals surface area contributed by atoms with E-state index in [2.05, 4.69) is 10.6 Å². The zero-order chi connectivity index (χ0) is 16.7. The minimum atomic E-state index is -0.303. The van der Waals surface area contributed by atoms with E-state index in [1.165, 1.54) is 6.07 Å². The molecule has 120 valence electrons.